The Bertz CT molecular complexity index is 653. The number of hydrogen-bond acceptors (Lipinski definition) is 4. The summed E-state index contributed by atoms with van der Waals surface area (Å²) < 4.78 is 7.04. The third-order valence-electron chi connectivity index (χ3n) is 4.98. The summed E-state index contributed by atoms with van der Waals surface area (Å²) in [4.78, 5) is 26.0. The number of carboxylic acids is 1. The standard InChI is InChI=1S/C18H29N3O4/c1-12(2)9-21-14(4)15(13(3)19-21)8-16(22)20-7-6-18(10-20,11-25-5)17(23)24/h12H,6-11H2,1-5H3,(H,23,24). The molecule has 1 fully saturated rings. The Balaban J connectivity index is 2.11. The minimum Gasteiger partial charge on any atom is -0.481 e. The summed E-state index contributed by atoms with van der Waals surface area (Å²) in [6, 6.07) is 0. The third-order valence-corrected chi connectivity index (χ3v) is 4.98. The van der Waals surface area contributed by atoms with E-state index in [4.69, 9.17) is 4.74 Å². The van der Waals surface area contributed by atoms with E-state index in [2.05, 4.69) is 18.9 Å². The van der Waals surface area contributed by atoms with Gasteiger partial charge >= 0.3 is 5.97 Å². The van der Waals surface area contributed by atoms with Crippen molar-refractivity contribution in [3.05, 3.63) is 17.0 Å². The van der Waals surface area contributed by atoms with Crippen molar-refractivity contribution in [3.8, 4) is 0 Å². The van der Waals surface area contributed by atoms with Crippen LogP contribution in [0.1, 0.15) is 37.2 Å². The first-order valence-electron chi connectivity index (χ1n) is 8.73. The summed E-state index contributed by atoms with van der Waals surface area (Å²) in [5, 5.41) is 14.1. The van der Waals surface area contributed by atoms with Crippen LogP contribution in [0.25, 0.3) is 0 Å². The van der Waals surface area contributed by atoms with Gasteiger partial charge in [0.05, 0.1) is 18.7 Å². The van der Waals surface area contributed by atoms with Crippen molar-refractivity contribution in [2.75, 3.05) is 26.8 Å². The second kappa shape index (κ2) is 7.56. The maximum absolute atomic E-state index is 12.7. The molecule has 0 aromatic carbocycles. The minimum atomic E-state index is -0.990. The maximum Gasteiger partial charge on any atom is 0.313 e. The lowest BCUT2D eigenvalue weighted by Crippen LogP contribution is -2.40. The molecule has 0 radical (unpaired) electrons. The van der Waals surface area contributed by atoms with Crippen LogP contribution >= 0.6 is 0 Å². The first-order chi connectivity index (χ1) is 11.7. The number of likely N-dealkylation sites (tertiary alicyclic amines) is 1. The van der Waals surface area contributed by atoms with E-state index in [-0.39, 0.29) is 25.5 Å². The highest BCUT2D eigenvalue weighted by Gasteiger charge is 2.46. The van der Waals surface area contributed by atoms with Crippen LogP contribution in [-0.2, 0) is 27.3 Å². The number of carbonyl (C=O) groups excluding carboxylic acids is 1. The fourth-order valence-electron chi connectivity index (χ4n) is 3.49. The molecule has 1 aliphatic heterocycles. The Kier molecular flexibility index (Phi) is 5.87. The highest BCUT2D eigenvalue weighted by Crippen LogP contribution is 2.32. The fourth-order valence-corrected chi connectivity index (χ4v) is 3.49. The lowest BCUT2D eigenvalue weighted by molar-refractivity contribution is -0.151. The number of nitrogens with zero attached hydrogens (tertiary/aromatic N) is 3. The first-order valence-corrected chi connectivity index (χ1v) is 8.73. The van der Waals surface area contributed by atoms with Gasteiger partial charge in [-0.2, -0.15) is 5.10 Å². The van der Waals surface area contributed by atoms with E-state index in [1.54, 1.807) is 4.90 Å². The molecule has 1 aromatic rings. The molecule has 0 spiro atoms. The van der Waals surface area contributed by atoms with Crippen LogP contribution < -0.4 is 0 Å². The summed E-state index contributed by atoms with van der Waals surface area (Å²) in [5.41, 5.74) is 1.84. The van der Waals surface area contributed by atoms with Gasteiger partial charge in [0, 0.05) is 38.0 Å². The number of aliphatic carboxylic acids is 1. The van der Waals surface area contributed by atoms with E-state index in [9.17, 15) is 14.7 Å². The average Bonchev–Trinajstić information content (AvgIpc) is 3.06. The van der Waals surface area contributed by atoms with Crippen LogP contribution in [0.15, 0.2) is 0 Å². The van der Waals surface area contributed by atoms with Crippen LogP contribution in [0.5, 0.6) is 0 Å². The molecule has 1 N–H and O–H groups in total. The van der Waals surface area contributed by atoms with Crippen LogP contribution in [0.4, 0.5) is 0 Å². The molecule has 2 heterocycles. The molecule has 1 saturated heterocycles. The SMILES string of the molecule is COCC1(C(=O)O)CCN(C(=O)Cc2c(C)nn(CC(C)C)c2C)C1. The van der Waals surface area contributed by atoms with Gasteiger partial charge < -0.3 is 14.7 Å². The molecule has 7 heteroatoms. The molecular weight excluding hydrogens is 322 g/mol. The maximum atomic E-state index is 12.7. The number of aryl methyl sites for hydroxylation is 1. The van der Waals surface area contributed by atoms with Crippen molar-refractivity contribution in [3.63, 3.8) is 0 Å². The number of aromatic nitrogens is 2. The molecule has 1 aliphatic rings. The summed E-state index contributed by atoms with van der Waals surface area (Å²) in [7, 11) is 1.49. The van der Waals surface area contributed by atoms with E-state index in [0.29, 0.717) is 18.9 Å². The number of amides is 1. The number of ether oxygens (including phenoxy) is 1. The Morgan fingerprint density at radius 3 is 2.60 bits per heavy atom. The van der Waals surface area contributed by atoms with Crippen molar-refractivity contribution in [1.82, 2.24) is 14.7 Å². The molecule has 25 heavy (non-hydrogen) atoms. The van der Waals surface area contributed by atoms with Gasteiger partial charge in [0.1, 0.15) is 5.41 Å². The van der Waals surface area contributed by atoms with Gasteiger partial charge in [0.2, 0.25) is 5.91 Å². The third kappa shape index (κ3) is 4.03. The van der Waals surface area contributed by atoms with E-state index >= 15 is 0 Å². The topological polar surface area (TPSA) is 84.7 Å². The van der Waals surface area contributed by atoms with E-state index in [1.165, 1.54) is 7.11 Å². The minimum absolute atomic E-state index is 0.0467. The highest BCUT2D eigenvalue weighted by molar-refractivity contribution is 5.82. The van der Waals surface area contributed by atoms with Gasteiger partial charge in [0.15, 0.2) is 0 Å². The number of carbonyl (C=O) groups is 2. The molecule has 2 rings (SSSR count). The first kappa shape index (κ1) is 19.4. The lowest BCUT2D eigenvalue weighted by atomic mass is 9.88. The van der Waals surface area contributed by atoms with Gasteiger partial charge in [-0.25, -0.2) is 0 Å². The Morgan fingerprint density at radius 2 is 2.04 bits per heavy atom. The summed E-state index contributed by atoms with van der Waals surface area (Å²) >= 11 is 0. The normalized spacial score (nSPS) is 20.5. The quantitative estimate of drug-likeness (QED) is 0.807. The van der Waals surface area contributed by atoms with Crippen LogP contribution in [0.2, 0.25) is 0 Å². The average molecular weight is 351 g/mol. The molecule has 0 saturated carbocycles. The molecule has 1 aromatic heterocycles. The molecule has 7 nitrogen and oxygen atoms in total. The highest BCUT2D eigenvalue weighted by atomic mass is 16.5. The van der Waals surface area contributed by atoms with Crippen molar-refractivity contribution in [1.29, 1.82) is 0 Å². The van der Waals surface area contributed by atoms with Crippen molar-refractivity contribution < 1.29 is 19.4 Å². The molecule has 0 bridgehead atoms. The predicted octanol–water partition coefficient (Wildman–Crippen LogP) is 1.65. The van der Waals surface area contributed by atoms with Crippen molar-refractivity contribution in [2.24, 2.45) is 11.3 Å². The lowest BCUT2D eigenvalue weighted by Gasteiger charge is -2.23. The summed E-state index contributed by atoms with van der Waals surface area (Å²) in [6.07, 6.45) is 0.685. The van der Waals surface area contributed by atoms with Gasteiger partial charge in [0.25, 0.3) is 0 Å². The van der Waals surface area contributed by atoms with Gasteiger partial charge in [-0.3, -0.25) is 14.3 Å². The molecule has 140 valence electrons. The fraction of sp³-hybridized carbons (Fsp3) is 0.722. The zero-order chi connectivity index (χ0) is 18.8. The number of rotatable bonds is 7. The van der Waals surface area contributed by atoms with Crippen LogP contribution in [-0.4, -0.2) is 58.5 Å². The summed E-state index contributed by atoms with van der Waals surface area (Å²) in [5.74, 6) is -0.471. The van der Waals surface area contributed by atoms with Gasteiger partial charge in [-0.1, -0.05) is 13.8 Å². The zero-order valence-electron chi connectivity index (χ0n) is 15.8. The van der Waals surface area contributed by atoms with Gasteiger partial charge in [-0.05, 0) is 26.2 Å². The molecular formula is C18H29N3O4. The second-order valence-electron chi connectivity index (χ2n) is 7.49. The Morgan fingerprint density at radius 1 is 1.36 bits per heavy atom. The molecule has 1 unspecified atom stereocenters. The van der Waals surface area contributed by atoms with Crippen molar-refractivity contribution in [2.45, 2.75) is 47.1 Å². The monoisotopic (exact) mass is 351 g/mol. The van der Waals surface area contributed by atoms with Crippen LogP contribution in [0.3, 0.4) is 0 Å². The van der Waals surface area contributed by atoms with E-state index in [0.717, 1.165) is 23.5 Å². The largest absolute Gasteiger partial charge is 0.481 e. The van der Waals surface area contributed by atoms with E-state index < -0.39 is 11.4 Å². The molecule has 1 atom stereocenters. The smallest absolute Gasteiger partial charge is 0.313 e. The molecule has 0 aliphatic carbocycles. The molecule has 1 amide bonds. The van der Waals surface area contributed by atoms with Crippen LogP contribution in [0, 0.1) is 25.2 Å². The Labute approximate surface area is 148 Å². The van der Waals surface area contributed by atoms with Crippen molar-refractivity contribution >= 4 is 11.9 Å². The number of hydrogen-bond donors (Lipinski definition) is 1. The Hall–Kier alpha value is -1.89. The zero-order valence-corrected chi connectivity index (χ0v) is 15.8. The van der Waals surface area contributed by atoms with Gasteiger partial charge in [-0.15, -0.1) is 0 Å². The van der Waals surface area contributed by atoms with E-state index in [1.807, 2.05) is 18.5 Å². The number of methoxy groups -OCH3 is 1. The summed E-state index contributed by atoms with van der Waals surface area (Å²) in [6.45, 7) is 9.76. The number of carboxylic acid groups (broad SMARTS) is 1. The second-order valence-corrected chi connectivity index (χ2v) is 7.49. The predicted molar refractivity (Wildman–Crippen MR) is 93.4 cm³/mol.